The maximum atomic E-state index is 12.3. The van der Waals surface area contributed by atoms with Crippen molar-refractivity contribution in [3.63, 3.8) is 0 Å². The molecule has 2 atom stereocenters. The van der Waals surface area contributed by atoms with Crippen LogP contribution in [0.15, 0.2) is 12.5 Å². The Hall–Kier alpha value is -3.48. The van der Waals surface area contributed by atoms with Gasteiger partial charge in [0.05, 0.1) is 25.8 Å². The number of nitrogens with zero attached hydrogens (tertiary/aromatic N) is 1. The van der Waals surface area contributed by atoms with Crippen LogP contribution < -0.4 is 27.4 Å². The van der Waals surface area contributed by atoms with Crippen molar-refractivity contribution in [2.24, 2.45) is 11.5 Å². The molecule has 1 heterocycles. The van der Waals surface area contributed by atoms with Gasteiger partial charge in [0, 0.05) is 18.3 Å². The Labute approximate surface area is 153 Å². The Morgan fingerprint density at radius 3 is 2.37 bits per heavy atom. The summed E-state index contributed by atoms with van der Waals surface area (Å²) in [5.41, 5.74) is 10.6. The van der Waals surface area contributed by atoms with Crippen LogP contribution in [-0.2, 0) is 30.4 Å². The molecule has 1 aromatic rings. The number of hydrogen-bond acceptors (Lipinski definition) is 7. The molecule has 0 aliphatic carbocycles. The van der Waals surface area contributed by atoms with E-state index in [2.05, 4.69) is 25.9 Å². The van der Waals surface area contributed by atoms with Crippen molar-refractivity contribution in [2.75, 3.05) is 13.1 Å². The summed E-state index contributed by atoms with van der Waals surface area (Å²) in [5.74, 6) is -4.50. The van der Waals surface area contributed by atoms with Crippen molar-refractivity contribution in [1.29, 1.82) is 0 Å². The topological polar surface area (TPSA) is 222 Å². The fourth-order valence-corrected chi connectivity index (χ4v) is 2.00. The summed E-state index contributed by atoms with van der Waals surface area (Å²) in [6.07, 6.45) is 2.09. The molecule has 27 heavy (non-hydrogen) atoms. The average molecular weight is 383 g/mol. The van der Waals surface area contributed by atoms with E-state index in [0.29, 0.717) is 5.69 Å². The van der Waals surface area contributed by atoms with E-state index in [1.54, 1.807) is 0 Å². The summed E-state index contributed by atoms with van der Waals surface area (Å²) in [7, 11) is 0. The normalized spacial score (nSPS) is 12.5. The molecule has 0 fully saturated rings. The van der Waals surface area contributed by atoms with Crippen LogP contribution in [-0.4, -0.2) is 69.8 Å². The van der Waals surface area contributed by atoms with Gasteiger partial charge >= 0.3 is 5.97 Å². The van der Waals surface area contributed by atoms with Crippen LogP contribution in [0, 0.1) is 0 Å². The Morgan fingerprint density at radius 2 is 1.85 bits per heavy atom. The second-order valence-electron chi connectivity index (χ2n) is 5.45. The van der Waals surface area contributed by atoms with E-state index in [-0.39, 0.29) is 13.0 Å². The molecule has 13 heteroatoms. The van der Waals surface area contributed by atoms with Gasteiger partial charge in [0.2, 0.25) is 23.6 Å². The van der Waals surface area contributed by atoms with Gasteiger partial charge in [-0.25, -0.2) is 9.78 Å². The van der Waals surface area contributed by atoms with Crippen molar-refractivity contribution in [3.05, 3.63) is 18.2 Å². The molecule has 2 unspecified atom stereocenters. The van der Waals surface area contributed by atoms with Crippen LogP contribution in [0.4, 0.5) is 0 Å². The first-order valence-electron chi connectivity index (χ1n) is 7.77. The highest BCUT2D eigenvalue weighted by molar-refractivity contribution is 5.94. The quantitative estimate of drug-likeness (QED) is 0.199. The molecule has 0 aliphatic heterocycles. The minimum atomic E-state index is -1.41. The zero-order valence-corrected chi connectivity index (χ0v) is 14.2. The second-order valence-corrected chi connectivity index (χ2v) is 5.45. The molecule has 0 bridgehead atoms. The molecule has 1 aromatic heterocycles. The summed E-state index contributed by atoms with van der Waals surface area (Å²) in [4.78, 5) is 64.1. The van der Waals surface area contributed by atoms with Gasteiger partial charge in [-0.05, 0) is 0 Å². The number of carbonyl (C=O) groups excluding carboxylic acids is 4. The molecular formula is C14H21N7O6. The fraction of sp³-hybridized carbons (Fsp3) is 0.429. The molecule has 1 rings (SSSR count). The van der Waals surface area contributed by atoms with Gasteiger partial charge in [0.25, 0.3) is 0 Å². The average Bonchev–Trinajstić information content (AvgIpc) is 3.10. The van der Waals surface area contributed by atoms with E-state index >= 15 is 0 Å². The second kappa shape index (κ2) is 10.5. The van der Waals surface area contributed by atoms with Gasteiger partial charge in [-0.2, -0.15) is 0 Å². The number of nitrogens with one attached hydrogen (secondary N) is 4. The van der Waals surface area contributed by atoms with E-state index < -0.39 is 54.6 Å². The zero-order valence-electron chi connectivity index (χ0n) is 14.2. The largest absolute Gasteiger partial charge is 0.480 e. The molecule has 9 N–H and O–H groups in total. The van der Waals surface area contributed by atoms with Crippen molar-refractivity contribution < 1.29 is 29.1 Å². The number of carboxylic acid groups (broad SMARTS) is 1. The van der Waals surface area contributed by atoms with E-state index in [4.69, 9.17) is 11.5 Å². The number of imidazole rings is 1. The lowest BCUT2D eigenvalue weighted by Gasteiger charge is -2.20. The smallest absolute Gasteiger partial charge is 0.326 e. The maximum Gasteiger partial charge on any atom is 0.326 e. The monoisotopic (exact) mass is 383 g/mol. The number of aromatic nitrogens is 2. The molecule has 0 aliphatic rings. The first-order chi connectivity index (χ1) is 12.7. The maximum absolute atomic E-state index is 12.3. The van der Waals surface area contributed by atoms with Crippen LogP contribution in [0.3, 0.4) is 0 Å². The Morgan fingerprint density at radius 1 is 1.15 bits per heavy atom. The molecule has 0 spiro atoms. The van der Waals surface area contributed by atoms with Gasteiger partial charge in [0.1, 0.15) is 12.1 Å². The Balaban J connectivity index is 2.74. The fourth-order valence-electron chi connectivity index (χ4n) is 2.00. The molecule has 0 aromatic carbocycles. The number of aromatic amines is 1. The van der Waals surface area contributed by atoms with Crippen LogP contribution >= 0.6 is 0 Å². The highest BCUT2D eigenvalue weighted by Gasteiger charge is 2.28. The van der Waals surface area contributed by atoms with Gasteiger partial charge < -0.3 is 37.5 Å². The minimum absolute atomic E-state index is 0.0924. The number of rotatable bonds is 11. The summed E-state index contributed by atoms with van der Waals surface area (Å²) in [6, 6.07) is -2.74. The van der Waals surface area contributed by atoms with E-state index in [0.717, 1.165) is 0 Å². The summed E-state index contributed by atoms with van der Waals surface area (Å²) in [6.45, 7) is -0.804. The summed E-state index contributed by atoms with van der Waals surface area (Å²) in [5, 5.41) is 15.9. The molecule has 13 nitrogen and oxygen atoms in total. The number of hydrogen-bond donors (Lipinski definition) is 7. The van der Waals surface area contributed by atoms with Gasteiger partial charge in [-0.15, -0.1) is 0 Å². The van der Waals surface area contributed by atoms with Gasteiger partial charge in [-0.3, -0.25) is 19.2 Å². The molecule has 0 radical (unpaired) electrons. The highest BCUT2D eigenvalue weighted by Crippen LogP contribution is 2.01. The van der Waals surface area contributed by atoms with Crippen LogP contribution in [0.1, 0.15) is 12.1 Å². The number of carboxylic acids is 1. The predicted molar refractivity (Wildman–Crippen MR) is 89.7 cm³/mol. The van der Waals surface area contributed by atoms with E-state index in [9.17, 15) is 29.1 Å². The number of primary amides is 1. The summed E-state index contributed by atoms with van der Waals surface area (Å²) >= 11 is 0. The number of amides is 4. The first-order valence-corrected chi connectivity index (χ1v) is 7.77. The SMILES string of the molecule is NCC(=O)NCC(=O)NC(CC(N)=O)C(=O)NC(Cc1cnc[nH]1)C(=O)O. The lowest BCUT2D eigenvalue weighted by molar-refractivity contribution is -0.142. The predicted octanol–water partition coefficient (Wildman–Crippen LogP) is -4.04. The summed E-state index contributed by atoms with van der Waals surface area (Å²) < 4.78 is 0. The van der Waals surface area contributed by atoms with Gasteiger partial charge in [0.15, 0.2) is 0 Å². The van der Waals surface area contributed by atoms with Gasteiger partial charge in [-0.1, -0.05) is 0 Å². The number of carbonyl (C=O) groups is 5. The number of H-pyrrole nitrogens is 1. The number of aliphatic carboxylic acids is 1. The molecular weight excluding hydrogens is 362 g/mol. The van der Waals surface area contributed by atoms with Crippen molar-refractivity contribution in [2.45, 2.75) is 24.9 Å². The lowest BCUT2D eigenvalue weighted by atomic mass is 10.1. The lowest BCUT2D eigenvalue weighted by Crippen LogP contribution is -2.54. The standard InChI is InChI=1S/C14H21N7O6/c15-3-11(23)18-5-12(24)20-8(2-10(16)22)13(25)21-9(14(26)27)1-7-4-17-6-19-7/h4,6,8-9H,1-3,5,15H2,(H2,16,22)(H,17,19)(H,18,23)(H,20,24)(H,21,25)(H,26,27). The van der Waals surface area contributed by atoms with Crippen LogP contribution in [0.5, 0.6) is 0 Å². The molecule has 0 saturated carbocycles. The van der Waals surface area contributed by atoms with Crippen molar-refractivity contribution in [3.8, 4) is 0 Å². The van der Waals surface area contributed by atoms with Crippen molar-refractivity contribution >= 4 is 29.6 Å². The van der Waals surface area contributed by atoms with E-state index in [1.807, 2.05) is 0 Å². The van der Waals surface area contributed by atoms with Crippen LogP contribution in [0.25, 0.3) is 0 Å². The Kier molecular flexibility index (Phi) is 8.38. The Bertz CT molecular complexity index is 690. The third kappa shape index (κ3) is 7.96. The minimum Gasteiger partial charge on any atom is -0.480 e. The highest BCUT2D eigenvalue weighted by atomic mass is 16.4. The zero-order chi connectivity index (χ0) is 20.4. The van der Waals surface area contributed by atoms with Crippen molar-refractivity contribution in [1.82, 2.24) is 25.9 Å². The molecule has 0 saturated heterocycles. The molecule has 148 valence electrons. The third-order valence-corrected chi connectivity index (χ3v) is 3.28. The first kappa shape index (κ1) is 21.6. The van der Waals surface area contributed by atoms with Crippen LogP contribution in [0.2, 0.25) is 0 Å². The third-order valence-electron chi connectivity index (χ3n) is 3.28. The van der Waals surface area contributed by atoms with E-state index in [1.165, 1.54) is 12.5 Å². The molecule has 4 amide bonds. The number of nitrogens with two attached hydrogens (primary N) is 2.